The van der Waals surface area contributed by atoms with E-state index >= 15 is 0 Å². The highest BCUT2D eigenvalue weighted by Crippen LogP contribution is 2.07. The van der Waals surface area contributed by atoms with E-state index in [2.05, 4.69) is 0 Å². The Morgan fingerprint density at radius 1 is 0.390 bits per heavy atom. The van der Waals surface area contributed by atoms with Crippen LogP contribution < -0.4 is 0 Å². The SMILES string of the molecule is CC(C)(C)OC(=O)COCCOCCOCCOC(=O)CC(=O)OCCOCCOCCOCC(=O)OC(C)(C)C. The Hall–Kier alpha value is -2.36. The number of hydrogen-bond acceptors (Lipinski definition) is 14. The number of carbonyl (C=O) groups is 4. The summed E-state index contributed by atoms with van der Waals surface area (Å²) in [4.78, 5) is 46.3. The molecule has 0 unspecified atom stereocenters. The zero-order valence-corrected chi connectivity index (χ0v) is 25.3. The van der Waals surface area contributed by atoms with Crippen molar-refractivity contribution in [1.82, 2.24) is 0 Å². The normalized spacial score (nSPS) is 11.7. The third-order valence-corrected chi connectivity index (χ3v) is 4.04. The van der Waals surface area contributed by atoms with Gasteiger partial charge in [0, 0.05) is 0 Å². The Morgan fingerprint density at radius 2 is 0.659 bits per heavy atom. The molecule has 0 saturated heterocycles. The maximum Gasteiger partial charge on any atom is 0.332 e. The van der Waals surface area contributed by atoms with Crippen LogP contribution in [0.15, 0.2) is 0 Å². The van der Waals surface area contributed by atoms with Gasteiger partial charge in [0.2, 0.25) is 0 Å². The minimum atomic E-state index is -0.722. The van der Waals surface area contributed by atoms with Gasteiger partial charge < -0.3 is 47.4 Å². The molecule has 0 aliphatic heterocycles. The first-order valence-electron chi connectivity index (χ1n) is 13.5. The molecule has 0 bridgehead atoms. The summed E-state index contributed by atoms with van der Waals surface area (Å²) < 4.78 is 51.5. The first kappa shape index (κ1) is 38.6. The summed E-state index contributed by atoms with van der Waals surface area (Å²) in [7, 11) is 0. The lowest BCUT2D eigenvalue weighted by atomic mass is 10.2. The molecule has 41 heavy (non-hydrogen) atoms. The van der Waals surface area contributed by atoms with E-state index in [1.54, 1.807) is 41.5 Å². The lowest BCUT2D eigenvalue weighted by Crippen LogP contribution is -2.27. The van der Waals surface area contributed by atoms with Gasteiger partial charge in [0.25, 0.3) is 0 Å². The topological polar surface area (TPSA) is 161 Å². The second-order valence-corrected chi connectivity index (χ2v) is 10.3. The molecule has 0 aliphatic carbocycles. The van der Waals surface area contributed by atoms with Gasteiger partial charge in [0.15, 0.2) is 0 Å². The summed E-state index contributed by atoms with van der Waals surface area (Å²) in [5.74, 6) is -2.32. The quantitative estimate of drug-likeness (QED) is 0.0677. The molecule has 0 aliphatic rings. The molecule has 0 saturated carbocycles. The van der Waals surface area contributed by atoms with Crippen LogP contribution in [0.3, 0.4) is 0 Å². The van der Waals surface area contributed by atoms with Crippen LogP contribution in [0.1, 0.15) is 48.0 Å². The van der Waals surface area contributed by atoms with Crippen LogP contribution in [0.25, 0.3) is 0 Å². The van der Waals surface area contributed by atoms with E-state index in [9.17, 15) is 19.2 Å². The molecular weight excluding hydrogens is 548 g/mol. The first-order chi connectivity index (χ1) is 19.3. The Morgan fingerprint density at radius 3 is 0.951 bits per heavy atom. The number of carbonyl (C=O) groups excluding carboxylic acids is 4. The second kappa shape index (κ2) is 23.2. The van der Waals surface area contributed by atoms with E-state index in [-0.39, 0.29) is 79.3 Å². The molecule has 0 amide bonds. The van der Waals surface area contributed by atoms with Crippen LogP contribution in [-0.4, -0.2) is 128 Å². The lowest BCUT2D eigenvalue weighted by Gasteiger charge is -2.19. The third-order valence-electron chi connectivity index (χ3n) is 4.04. The van der Waals surface area contributed by atoms with Crippen molar-refractivity contribution in [3.63, 3.8) is 0 Å². The maximum atomic E-state index is 11.7. The van der Waals surface area contributed by atoms with Crippen LogP contribution in [0, 0.1) is 0 Å². The molecule has 0 heterocycles. The summed E-state index contributed by atoms with van der Waals surface area (Å²) in [6.07, 6.45) is -0.515. The van der Waals surface area contributed by atoms with Crippen molar-refractivity contribution in [3.05, 3.63) is 0 Å². The van der Waals surface area contributed by atoms with E-state index in [0.29, 0.717) is 13.2 Å². The Labute approximate surface area is 242 Å². The monoisotopic (exact) mass is 596 g/mol. The van der Waals surface area contributed by atoms with Crippen molar-refractivity contribution in [2.45, 2.75) is 59.2 Å². The molecule has 0 fully saturated rings. The van der Waals surface area contributed by atoms with Gasteiger partial charge in [-0.1, -0.05) is 0 Å². The standard InChI is InChI=1S/C27H48O14/c1-26(2,3)40-24(30)20-36-13-11-32-7-9-34-15-17-38-22(28)19-23(29)39-18-16-35-10-8-33-12-14-37-21-25(31)41-27(4,5)6/h7-21H2,1-6H3. The summed E-state index contributed by atoms with van der Waals surface area (Å²) in [6, 6.07) is 0. The zero-order valence-electron chi connectivity index (χ0n) is 25.3. The summed E-state index contributed by atoms with van der Waals surface area (Å²) in [5, 5.41) is 0. The van der Waals surface area contributed by atoms with Gasteiger partial charge in [-0.15, -0.1) is 0 Å². The van der Waals surface area contributed by atoms with E-state index < -0.39 is 41.5 Å². The van der Waals surface area contributed by atoms with Crippen LogP contribution >= 0.6 is 0 Å². The summed E-state index contributed by atoms with van der Waals surface area (Å²) >= 11 is 0. The highest BCUT2D eigenvalue weighted by molar-refractivity contribution is 5.91. The zero-order chi connectivity index (χ0) is 31.0. The molecule has 0 spiro atoms. The molecule has 0 aromatic carbocycles. The van der Waals surface area contributed by atoms with Gasteiger partial charge in [-0.2, -0.15) is 0 Å². The molecule has 240 valence electrons. The van der Waals surface area contributed by atoms with E-state index in [4.69, 9.17) is 47.4 Å². The average Bonchev–Trinajstić information content (AvgIpc) is 2.83. The summed E-state index contributed by atoms with van der Waals surface area (Å²) in [5.41, 5.74) is -1.10. The van der Waals surface area contributed by atoms with Crippen molar-refractivity contribution >= 4 is 23.9 Å². The Kier molecular flexibility index (Phi) is 21.9. The first-order valence-corrected chi connectivity index (χ1v) is 13.5. The number of esters is 4. The van der Waals surface area contributed by atoms with Crippen LogP contribution in [-0.2, 0) is 66.5 Å². The number of hydrogen-bond donors (Lipinski definition) is 0. The van der Waals surface area contributed by atoms with Gasteiger partial charge in [-0.3, -0.25) is 9.59 Å². The van der Waals surface area contributed by atoms with Crippen molar-refractivity contribution in [3.8, 4) is 0 Å². The summed E-state index contributed by atoms with van der Waals surface area (Å²) in [6.45, 7) is 12.9. The molecule has 14 nitrogen and oxygen atoms in total. The van der Waals surface area contributed by atoms with Gasteiger partial charge in [0.1, 0.15) is 44.1 Å². The predicted octanol–water partition coefficient (Wildman–Crippen LogP) is 1.25. The molecule has 0 atom stereocenters. The second-order valence-electron chi connectivity index (χ2n) is 10.3. The van der Waals surface area contributed by atoms with Gasteiger partial charge >= 0.3 is 23.9 Å². The fourth-order valence-electron chi connectivity index (χ4n) is 2.58. The maximum absolute atomic E-state index is 11.7. The third kappa shape index (κ3) is 30.4. The van der Waals surface area contributed by atoms with Crippen LogP contribution in [0.5, 0.6) is 0 Å². The number of rotatable bonds is 24. The highest BCUT2D eigenvalue weighted by atomic mass is 16.6. The minimum Gasteiger partial charge on any atom is -0.463 e. The van der Waals surface area contributed by atoms with Gasteiger partial charge in [-0.25, -0.2) is 9.59 Å². The van der Waals surface area contributed by atoms with Crippen molar-refractivity contribution in [2.24, 2.45) is 0 Å². The van der Waals surface area contributed by atoms with Crippen LogP contribution in [0.2, 0.25) is 0 Å². The fourth-order valence-corrected chi connectivity index (χ4v) is 2.58. The lowest BCUT2D eigenvalue weighted by molar-refractivity contribution is -0.161. The van der Waals surface area contributed by atoms with Crippen molar-refractivity contribution in [2.75, 3.05) is 92.5 Å². The highest BCUT2D eigenvalue weighted by Gasteiger charge is 2.17. The fraction of sp³-hybridized carbons (Fsp3) is 0.852. The molecule has 0 N–H and O–H groups in total. The average molecular weight is 597 g/mol. The smallest absolute Gasteiger partial charge is 0.332 e. The van der Waals surface area contributed by atoms with E-state index in [1.807, 2.05) is 0 Å². The minimum absolute atomic E-state index is 0.0136. The van der Waals surface area contributed by atoms with E-state index in [1.165, 1.54) is 0 Å². The molecule has 0 aromatic heterocycles. The Bertz CT molecular complexity index is 667. The molecule has 14 heteroatoms. The Balaban J connectivity index is 3.44. The molecule has 0 aromatic rings. The molecular formula is C27H48O14. The predicted molar refractivity (Wildman–Crippen MR) is 143 cm³/mol. The van der Waals surface area contributed by atoms with Gasteiger partial charge in [0.05, 0.1) is 66.1 Å². The molecule has 0 radical (unpaired) electrons. The van der Waals surface area contributed by atoms with Crippen LogP contribution in [0.4, 0.5) is 0 Å². The van der Waals surface area contributed by atoms with E-state index in [0.717, 1.165) is 0 Å². The number of ether oxygens (including phenoxy) is 10. The van der Waals surface area contributed by atoms with Crippen molar-refractivity contribution in [1.29, 1.82) is 0 Å². The van der Waals surface area contributed by atoms with Crippen molar-refractivity contribution < 1.29 is 66.5 Å². The largest absolute Gasteiger partial charge is 0.463 e. The van der Waals surface area contributed by atoms with Gasteiger partial charge in [-0.05, 0) is 41.5 Å². The molecule has 0 rings (SSSR count).